The first-order valence-corrected chi connectivity index (χ1v) is 8.47. The van der Waals surface area contributed by atoms with Gasteiger partial charge in [-0.1, -0.05) is 26.0 Å². The molecule has 1 aromatic heterocycles. The van der Waals surface area contributed by atoms with Crippen LogP contribution in [0.1, 0.15) is 25.0 Å². The van der Waals surface area contributed by atoms with Crippen LogP contribution in [-0.2, 0) is 22.9 Å². The van der Waals surface area contributed by atoms with E-state index in [0.29, 0.717) is 16.4 Å². The molecule has 0 aliphatic rings. The molecule has 4 nitrogen and oxygen atoms in total. The highest BCUT2D eigenvalue weighted by atomic mass is 32.2. The highest BCUT2D eigenvalue weighted by molar-refractivity contribution is 7.93. The van der Waals surface area contributed by atoms with Crippen molar-refractivity contribution in [2.75, 3.05) is 4.72 Å². The topological polar surface area (TPSA) is 59.1 Å². The molecule has 0 fully saturated rings. The highest BCUT2D eigenvalue weighted by Crippen LogP contribution is 2.23. The molecule has 0 spiro atoms. The number of sulfonamides is 1. The predicted octanol–water partition coefficient (Wildman–Crippen LogP) is 3.07. The molecule has 0 bridgehead atoms. The molecule has 1 aromatic carbocycles. The number of benzene rings is 1. The van der Waals surface area contributed by atoms with Crippen molar-refractivity contribution in [2.24, 2.45) is 0 Å². The van der Waals surface area contributed by atoms with Gasteiger partial charge in [0, 0.05) is 11.6 Å². The number of thiazole rings is 1. The van der Waals surface area contributed by atoms with Gasteiger partial charge in [0.1, 0.15) is 0 Å². The third-order valence-corrected chi connectivity index (χ3v) is 5.10. The van der Waals surface area contributed by atoms with Gasteiger partial charge in [0.05, 0.1) is 4.90 Å². The van der Waals surface area contributed by atoms with E-state index in [1.54, 1.807) is 17.6 Å². The summed E-state index contributed by atoms with van der Waals surface area (Å²) >= 11 is 1.27. The van der Waals surface area contributed by atoms with E-state index in [2.05, 4.69) is 9.71 Å². The zero-order valence-electron chi connectivity index (χ0n) is 10.9. The maximum atomic E-state index is 12.4. The molecular formula is C13H16N2O2S2. The molecule has 0 aliphatic carbocycles. The van der Waals surface area contributed by atoms with Crippen molar-refractivity contribution in [3.8, 4) is 0 Å². The molecule has 0 saturated carbocycles. The summed E-state index contributed by atoms with van der Waals surface area (Å²) in [7, 11) is -3.56. The SMILES string of the molecule is CCc1ccc(CC)c(S(=O)(=O)Nc2nccs2)c1. The fourth-order valence-corrected chi connectivity index (χ4v) is 3.96. The van der Waals surface area contributed by atoms with Crippen molar-refractivity contribution in [3.05, 3.63) is 40.9 Å². The van der Waals surface area contributed by atoms with Gasteiger partial charge < -0.3 is 0 Å². The summed E-state index contributed by atoms with van der Waals surface area (Å²) in [5.41, 5.74) is 1.83. The largest absolute Gasteiger partial charge is 0.263 e. The summed E-state index contributed by atoms with van der Waals surface area (Å²) < 4.78 is 27.3. The Labute approximate surface area is 117 Å². The third-order valence-electron chi connectivity index (χ3n) is 2.86. The summed E-state index contributed by atoms with van der Waals surface area (Å²) in [6, 6.07) is 5.60. The van der Waals surface area contributed by atoms with Crippen LogP contribution in [0.3, 0.4) is 0 Å². The van der Waals surface area contributed by atoms with Crippen LogP contribution in [-0.4, -0.2) is 13.4 Å². The van der Waals surface area contributed by atoms with Crippen molar-refractivity contribution in [3.63, 3.8) is 0 Å². The van der Waals surface area contributed by atoms with Crippen molar-refractivity contribution in [1.29, 1.82) is 0 Å². The van der Waals surface area contributed by atoms with Crippen LogP contribution in [0, 0.1) is 0 Å². The summed E-state index contributed by atoms with van der Waals surface area (Å²) in [6.07, 6.45) is 3.06. The van der Waals surface area contributed by atoms with E-state index in [1.165, 1.54) is 11.3 Å². The first kappa shape index (κ1) is 14.0. The number of hydrogen-bond donors (Lipinski definition) is 1. The molecule has 1 N–H and O–H groups in total. The van der Waals surface area contributed by atoms with Crippen molar-refractivity contribution in [1.82, 2.24) is 4.98 Å². The monoisotopic (exact) mass is 296 g/mol. The van der Waals surface area contributed by atoms with E-state index in [9.17, 15) is 8.42 Å². The van der Waals surface area contributed by atoms with E-state index in [-0.39, 0.29) is 0 Å². The number of anilines is 1. The van der Waals surface area contributed by atoms with E-state index < -0.39 is 10.0 Å². The highest BCUT2D eigenvalue weighted by Gasteiger charge is 2.19. The summed E-state index contributed by atoms with van der Waals surface area (Å²) in [4.78, 5) is 4.30. The first-order valence-electron chi connectivity index (χ1n) is 6.11. The molecule has 0 radical (unpaired) electrons. The second-order valence-corrected chi connectivity index (χ2v) is 6.64. The maximum absolute atomic E-state index is 12.4. The normalized spacial score (nSPS) is 11.5. The summed E-state index contributed by atoms with van der Waals surface area (Å²) in [5.74, 6) is 0. The number of nitrogens with one attached hydrogen (secondary N) is 1. The van der Waals surface area contributed by atoms with Gasteiger partial charge in [-0.25, -0.2) is 13.4 Å². The van der Waals surface area contributed by atoms with Gasteiger partial charge in [0.15, 0.2) is 5.13 Å². The van der Waals surface area contributed by atoms with Gasteiger partial charge in [0.25, 0.3) is 10.0 Å². The standard InChI is InChI=1S/C13H16N2O2S2/c1-3-10-5-6-11(4-2)12(9-10)19(16,17)15-13-14-7-8-18-13/h5-9H,3-4H2,1-2H3,(H,14,15). The molecule has 2 aromatic rings. The molecule has 6 heteroatoms. The Balaban J connectivity index is 2.43. The van der Waals surface area contributed by atoms with Crippen LogP contribution >= 0.6 is 11.3 Å². The molecular weight excluding hydrogens is 280 g/mol. The van der Waals surface area contributed by atoms with Gasteiger partial charge in [0.2, 0.25) is 0 Å². The van der Waals surface area contributed by atoms with Gasteiger partial charge in [-0.2, -0.15) is 0 Å². The van der Waals surface area contributed by atoms with E-state index in [1.807, 2.05) is 26.0 Å². The average molecular weight is 296 g/mol. The Bertz CT molecular complexity index is 649. The lowest BCUT2D eigenvalue weighted by Gasteiger charge is -2.11. The Morgan fingerprint density at radius 2 is 2.05 bits per heavy atom. The van der Waals surface area contributed by atoms with E-state index in [4.69, 9.17) is 0 Å². The molecule has 19 heavy (non-hydrogen) atoms. The van der Waals surface area contributed by atoms with E-state index in [0.717, 1.165) is 17.5 Å². The Hall–Kier alpha value is -1.40. The number of aromatic nitrogens is 1. The fourth-order valence-electron chi connectivity index (χ4n) is 1.80. The smallest absolute Gasteiger partial charge is 0.255 e. The number of rotatable bonds is 5. The first-order chi connectivity index (χ1) is 9.06. The maximum Gasteiger partial charge on any atom is 0.263 e. The van der Waals surface area contributed by atoms with Crippen LogP contribution < -0.4 is 4.72 Å². The van der Waals surface area contributed by atoms with Gasteiger partial charge >= 0.3 is 0 Å². The van der Waals surface area contributed by atoms with Gasteiger partial charge in [-0.3, -0.25) is 4.72 Å². The minimum Gasteiger partial charge on any atom is -0.255 e. The fraction of sp³-hybridized carbons (Fsp3) is 0.308. The zero-order valence-corrected chi connectivity index (χ0v) is 12.5. The van der Waals surface area contributed by atoms with Crippen LogP contribution in [0.4, 0.5) is 5.13 Å². The minimum absolute atomic E-state index is 0.351. The van der Waals surface area contributed by atoms with Crippen LogP contribution in [0.15, 0.2) is 34.7 Å². The molecule has 102 valence electrons. The van der Waals surface area contributed by atoms with Crippen molar-refractivity contribution < 1.29 is 8.42 Å². The zero-order chi connectivity index (χ0) is 13.9. The Kier molecular flexibility index (Phi) is 4.21. The van der Waals surface area contributed by atoms with Crippen LogP contribution in [0.5, 0.6) is 0 Å². The number of nitrogens with zero attached hydrogens (tertiary/aromatic N) is 1. The second kappa shape index (κ2) is 5.71. The summed E-state index contributed by atoms with van der Waals surface area (Å²) in [6.45, 7) is 3.95. The van der Waals surface area contributed by atoms with Crippen LogP contribution in [0.2, 0.25) is 0 Å². The van der Waals surface area contributed by atoms with E-state index >= 15 is 0 Å². The molecule has 1 heterocycles. The lowest BCUT2D eigenvalue weighted by molar-refractivity contribution is 0.600. The minimum atomic E-state index is -3.56. The second-order valence-electron chi connectivity index (χ2n) is 4.09. The van der Waals surface area contributed by atoms with Gasteiger partial charge in [-0.15, -0.1) is 11.3 Å². The lowest BCUT2D eigenvalue weighted by atomic mass is 10.1. The molecule has 0 aliphatic heterocycles. The molecule has 0 amide bonds. The molecule has 0 saturated heterocycles. The summed E-state index contributed by atoms with van der Waals surface area (Å²) in [5, 5.41) is 2.13. The predicted molar refractivity (Wildman–Crippen MR) is 78.1 cm³/mol. The molecule has 2 rings (SSSR count). The van der Waals surface area contributed by atoms with Crippen LogP contribution in [0.25, 0.3) is 0 Å². The van der Waals surface area contributed by atoms with Crippen molar-refractivity contribution >= 4 is 26.5 Å². The number of hydrogen-bond acceptors (Lipinski definition) is 4. The quantitative estimate of drug-likeness (QED) is 0.922. The van der Waals surface area contributed by atoms with Gasteiger partial charge in [-0.05, 0) is 30.0 Å². The molecule has 0 atom stereocenters. The third kappa shape index (κ3) is 3.13. The Morgan fingerprint density at radius 1 is 1.26 bits per heavy atom. The lowest BCUT2D eigenvalue weighted by Crippen LogP contribution is -2.15. The van der Waals surface area contributed by atoms with Crippen molar-refractivity contribution in [2.45, 2.75) is 31.6 Å². The number of aryl methyl sites for hydroxylation is 2. The molecule has 0 unspecified atom stereocenters. The average Bonchev–Trinajstić information content (AvgIpc) is 2.90. The Morgan fingerprint density at radius 3 is 2.63 bits per heavy atom.